The van der Waals surface area contributed by atoms with Gasteiger partial charge in [0.25, 0.3) is 0 Å². The Bertz CT molecular complexity index is 927. The molecule has 4 heteroatoms. The lowest BCUT2D eigenvalue weighted by atomic mass is 10.0. The fourth-order valence-corrected chi connectivity index (χ4v) is 2.92. The number of rotatable bonds is 7. The number of nitriles is 1. The van der Waals surface area contributed by atoms with Crippen molar-refractivity contribution >= 4 is 22.6 Å². The van der Waals surface area contributed by atoms with Gasteiger partial charge in [-0.2, -0.15) is 5.26 Å². The maximum absolute atomic E-state index is 9.63. The normalized spacial score (nSPS) is 11.8. The summed E-state index contributed by atoms with van der Waals surface area (Å²) in [4.78, 5) is 3.22. The molecule has 3 rings (SSSR count). The van der Waals surface area contributed by atoms with Crippen LogP contribution in [0.4, 0.5) is 0 Å². The number of fused-ring (bicyclic) bond motifs is 1. The molecule has 26 heavy (non-hydrogen) atoms. The van der Waals surface area contributed by atoms with E-state index in [1.807, 2.05) is 74.7 Å². The lowest BCUT2D eigenvalue weighted by Gasteiger charge is -2.17. The number of nitrogens with one attached hydrogen (secondary N) is 1. The molecular formula is C22H22N2O2. The lowest BCUT2D eigenvalue weighted by Crippen LogP contribution is -2.08. The molecule has 0 spiro atoms. The molecule has 0 radical (unpaired) electrons. The van der Waals surface area contributed by atoms with Crippen LogP contribution in [0.15, 0.2) is 54.7 Å². The van der Waals surface area contributed by atoms with E-state index in [2.05, 4.69) is 11.1 Å². The van der Waals surface area contributed by atoms with Crippen molar-refractivity contribution in [2.45, 2.75) is 20.1 Å². The third kappa shape index (κ3) is 3.85. The molecule has 0 aliphatic rings. The fraction of sp³-hybridized carbons (Fsp3) is 0.227. The molecule has 0 fully saturated rings. The molecule has 1 aromatic heterocycles. The Labute approximate surface area is 153 Å². The van der Waals surface area contributed by atoms with Gasteiger partial charge in [-0.1, -0.05) is 42.5 Å². The van der Waals surface area contributed by atoms with E-state index in [-0.39, 0.29) is 6.29 Å². The number of para-hydroxylation sites is 1. The number of allylic oxidation sites excluding steroid dienone is 1. The van der Waals surface area contributed by atoms with Gasteiger partial charge in [0.2, 0.25) is 0 Å². The summed E-state index contributed by atoms with van der Waals surface area (Å²) < 4.78 is 11.2. The molecule has 0 atom stereocenters. The lowest BCUT2D eigenvalue weighted by molar-refractivity contribution is -0.140. The second-order valence-corrected chi connectivity index (χ2v) is 5.83. The van der Waals surface area contributed by atoms with Gasteiger partial charge in [-0.3, -0.25) is 0 Å². The van der Waals surface area contributed by atoms with Gasteiger partial charge in [-0.05, 0) is 31.6 Å². The summed E-state index contributed by atoms with van der Waals surface area (Å²) in [5.41, 5.74) is 4.49. The van der Waals surface area contributed by atoms with Gasteiger partial charge < -0.3 is 14.5 Å². The van der Waals surface area contributed by atoms with E-state index in [1.54, 1.807) is 0 Å². The predicted octanol–water partition coefficient (Wildman–Crippen LogP) is 5.30. The summed E-state index contributed by atoms with van der Waals surface area (Å²) in [6, 6.07) is 18.2. The molecule has 4 nitrogen and oxygen atoms in total. The average Bonchev–Trinajstić information content (AvgIpc) is 3.10. The van der Waals surface area contributed by atoms with Crippen LogP contribution in [0, 0.1) is 11.3 Å². The Morgan fingerprint density at radius 2 is 1.77 bits per heavy atom. The fourth-order valence-electron chi connectivity index (χ4n) is 2.92. The van der Waals surface area contributed by atoms with E-state index < -0.39 is 0 Å². The first-order valence-corrected chi connectivity index (χ1v) is 8.78. The first kappa shape index (κ1) is 17.9. The monoisotopic (exact) mass is 346 g/mol. The molecule has 0 aliphatic carbocycles. The first-order valence-electron chi connectivity index (χ1n) is 8.78. The van der Waals surface area contributed by atoms with Crippen molar-refractivity contribution in [2.24, 2.45) is 0 Å². The van der Waals surface area contributed by atoms with Crippen molar-refractivity contribution in [1.82, 2.24) is 4.98 Å². The Morgan fingerprint density at radius 1 is 1.08 bits per heavy atom. The minimum atomic E-state index is -0.355. The van der Waals surface area contributed by atoms with Crippen LogP contribution in [-0.2, 0) is 9.47 Å². The number of H-pyrrole nitrogens is 1. The molecule has 0 aliphatic heterocycles. The van der Waals surface area contributed by atoms with E-state index in [0.29, 0.717) is 18.8 Å². The van der Waals surface area contributed by atoms with Crippen LogP contribution in [0.2, 0.25) is 0 Å². The Hall–Kier alpha value is -2.87. The minimum Gasteiger partial charge on any atom is -0.361 e. The van der Waals surface area contributed by atoms with E-state index in [1.165, 1.54) is 0 Å². The molecule has 1 heterocycles. The Balaban J connectivity index is 1.89. The van der Waals surface area contributed by atoms with Crippen LogP contribution in [0.5, 0.6) is 0 Å². The Kier molecular flexibility index (Phi) is 5.85. The molecule has 1 N–H and O–H groups in total. The summed E-state index contributed by atoms with van der Waals surface area (Å²) in [6.45, 7) is 5.07. The van der Waals surface area contributed by atoms with Crippen molar-refractivity contribution in [3.63, 3.8) is 0 Å². The highest BCUT2D eigenvalue weighted by atomic mass is 16.7. The van der Waals surface area contributed by atoms with Gasteiger partial charge in [0.05, 0.1) is 11.6 Å². The SMILES string of the molecule is CCOC(OCC)c1ccc(/C=C(\C#N)c2c[nH]c3ccccc23)cc1. The largest absolute Gasteiger partial charge is 0.361 e. The quantitative estimate of drug-likeness (QED) is 0.466. The van der Waals surface area contributed by atoms with Gasteiger partial charge >= 0.3 is 0 Å². The molecule has 0 saturated carbocycles. The number of aromatic nitrogens is 1. The number of benzene rings is 2. The van der Waals surface area contributed by atoms with E-state index in [4.69, 9.17) is 9.47 Å². The summed E-state index contributed by atoms with van der Waals surface area (Å²) in [6.07, 6.45) is 3.43. The zero-order valence-corrected chi connectivity index (χ0v) is 15.0. The zero-order valence-electron chi connectivity index (χ0n) is 15.0. The smallest absolute Gasteiger partial charge is 0.183 e. The van der Waals surface area contributed by atoms with Crippen LogP contribution in [0.1, 0.15) is 36.8 Å². The van der Waals surface area contributed by atoms with Crippen LogP contribution in [-0.4, -0.2) is 18.2 Å². The maximum atomic E-state index is 9.63. The number of hydrogen-bond acceptors (Lipinski definition) is 3. The van der Waals surface area contributed by atoms with E-state index >= 15 is 0 Å². The van der Waals surface area contributed by atoms with Gasteiger partial charge in [-0.15, -0.1) is 0 Å². The molecule has 0 amide bonds. The molecule has 0 saturated heterocycles. The minimum absolute atomic E-state index is 0.355. The van der Waals surface area contributed by atoms with Crippen molar-refractivity contribution in [3.8, 4) is 6.07 Å². The van der Waals surface area contributed by atoms with Gasteiger partial charge in [0, 0.05) is 41.4 Å². The number of aromatic amines is 1. The average molecular weight is 346 g/mol. The van der Waals surface area contributed by atoms with Crippen molar-refractivity contribution in [1.29, 1.82) is 5.26 Å². The third-order valence-corrected chi connectivity index (χ3v) is 4.16. The summed E-state index contributed by atoms with van der Waals surface area (Å²) >= 11 is 0. The number of hydrogen-bond donors (Lipinski definition) is 1. The van der Waals surface area contributed by atoms with Crippen LogP contribution >= 0.6 is 0 Å². The molecule has 132 valence electrons. The number of nitrogens with zero attached hydrogens (tertiary/aromatic N) is 1. The standard InChI is InChI=1S/C22H22N2O2/c1-3-25-22(26-4-2)17-11-9-16(10-12-17)13-18(14-23)20-15-24-21-8-6-5-7-19(20)21/h5-13,15,22,24H,3-4H2,1-2H3/b18-13+. The van der Waals surface area contributed by atoms with Crippen molar-refractivity contribution in [2.75, 3.05) is 13.2 Å². The summed E-state index contributed by atoms with van der Waals surface area (Å²) in [7, 11) is 0. The van der Waals surface area contributed by atoms with Gasteiger partial charge in [-0.25, -0.2) is 0 Å². The van der Waals surface area contributed by atoms with Crippen molar-refractivity contribution < 1.29 is 9.47 Å². The first-order chi connectivity index (χ1) is 12.8. The maximum Gasteiger partial charge on any atom is 0.183 e. The summed E-state index contributed by atoms with van der Waals surface area (Å²) in [5.74, 6) is 0. The second-order valence-electron chi connectivity index (χ2n) is 5.83. The highest BCUT2D eigenvalue weighted by Crippen LogP contribution is 2.27. The van der Waals surface area contributed by atoms with Crippen LogP contribution in [0.3, 0.4) is 0 Å². The summed E-state index contributed by atoms with van der Waals surface area (Å²) in [5, 5.41) is 10.7. The zero-order chi connectivity index (χ0) is 18.4. The highest BCUT2D eigenvalue weighted by molar-refractivity contribution is 6.01. The molecule has 2 aromatic carbocycles. The third-order valence-electron chi connectivity index (χ3n) is 4.16. The van der Waals surface area contributed by atoms with Crippen LogP contribution in [0.25, 0.3) is 22.6 Å². The van der Waals surface area contributed by atoms with E-state index in [9.17, 15) is 5.26 Å². The highest BCUT2D eigenvalue weighted by Gasteiger charge is 2.11. The predicted molar refractivity (Wildman–Crippen MR) is 104 cm³/mol. The molecule has 3 aromatic rings. The second kappa shape index (κ2) is 8.48. The molecular weight excluding hydrogens is 324 g/mol. The number of ether oxygens (including phenoxy) is 2. The molecule has 0 unspecified atom stereocenters. The van der Waals surface area contributed by atoms with Gasteiger partial charge in [0.15, 0.2) is 6.29 Å². The molecule has 0 bridgehead atoms. The van der Waals surface area contributed by atoms with E-state index in [0.717, 1.165) is 27.6 Å². The van der Waals surface area contributed by atoms with Crippen molar-refractivity contribution in [3.05, 3.63) is 71.4 Å². The van der Waals surface area contributed by atoms with Crippen LogP contribution < -0.4 is 0 Å². The topological polar surface area (TPSA) is 58.0 Å². The Morgan fingerprint density at radius 3 is 2.42 bits per heavy atom. The van der Waals surface area contributed by atoms with Gasteiger partial charge in [0.1, 0.15) is 0 Å².